The van der Waals surface area contributed by atoms with Gasteiger partial charge in [0.15, 0.2) is 0 Å². The summed E-state index contributed by atoms with van der Waals surface area (Å²) in [6, 6.07) is 0. The third-order valence-corrected chi connectivity index (χ3v) is 3.68. The Morgan fingerprint density at radius 1 is 1.19 bits per heavy atom. The number of rotatable bonds is 1. The lowest BCUT2D eigenvalue weighted by Crippen LogP contribution is -2.56. The smallest absolute Gasteiger partial charge is 0.252 e. The monoisotopic (exact) mass is 227 g/mol. The summed E-state index contributed by atoms with van der Waals surface area (Å²) in [7, 11) is 0. The number of nitrogens with two attached hydrogens (primary N) is 1. The van der Waals surface area contributed by atoms with Crippen LogP contribution in [-0.2, 0) is 18.4 Å². The van der Waals surface area contributed by atoms with Crippen LogP contribution in [0.4, 0.5) is 8.78 Å². The first-order valence-electron chi connectivity index (χ1n) is 5.74. The summed E-state index contributed by atoms with van der Waals surface area (Å²) in [5.74, 6) is -2.60. The maximum atomic E-state index is 12.9. The molecule has 88 valence electrons. The molecule has 3 nitrogen and oxygen atoms in total. The zero-order valence-electron chi connectivity index (χ0n) is 9.02. The lowest BCUT2D eigenvalue weighted by atomic mass is 9.70. The topological polar surface area (TPSA) is 54.7 Å². The van der Waals surface area contributed by atoms with Crippen LogP contribution in [0.2, 0.25) is 0 Å². The molecule has 2 aliphatic carbocycles. The van der Waals surface area contributed by atoms with Crippen molar-refractivity contribution in [1.82, 2.24) is 10.2 Å². The molecule has 0 aromatic carbocycles. The van der Waals surface area contributed by atoms with Crippen LogP contribution < -0.4 is 5.73 Å². The molecule has 0 atom stereocenters. The zero-order valence-corrected chi connectivity index (χ0v) is 9.02. The van der Waals surface area contributed by atoms with E-state index in [1.165, 1.54) is 0 Å². The molecule has 1 aromatic rings. The molecule has 0 unspecified atom stereocenters. The summed E-state index contributed by atoms with van der Waals surface area (Å²) >= 11 is 0. The SMILES string of the molecule is NC1(c2n[nH]c3c2CCCC3)CC(F)(F)C1. The minimum atomic E-state index is -2.60. The summed E-state index contributed by atoms with van der Waals surface area (Å²) in [6.07, 6.45) is 3.60. The summed E-state index contributed by atoms with van der Waals surface area (Å²) in [5.41, 5.74) is 8.00. The normalized spacial score (nSPS) is 25.9. The number of nitrogens with zero attached hydrogens (tertiary/aromatic N) is 1. The Bertz CT molecular complexity index is 417. The number of halogens is 2. The fourth-order valence-corrected chi connectivity index (χ4v) is 2.93. The van der Waals surface area contributed by atoms with Crippen LogP contribution in [0.5, 0.6) is 0 Å². The van der Waals surface area contributed by atoms with Crippen LogP contribution in [-0.4, -0.2) is 16.1 Å². The Balaban J connectivity index is 1.93. The first kappa shape index (κ1) is 10.2. The molecule has 1 aromatic heterocycles. The number of hydrogen-bond donors (Lipinski definition) is 2. The van der Waals surface area contributed by atoms with E-state index >= 15 is 0 Å². The van der Waals surface area contributed by atoms with Gasteiger partial charge in [0.2, 0.25) is 0 Å². The second-order valence-electron chi connectivity index (χ2n) is 5.10. The van der Waals surface area contributed by atoms with E-state index in [0.29, 0.717) is 5.69 Å². The molecule has 16 heavy (non-hydrogen) atoms. The number of hydrogen-bond acceptors (Lipinski definition) is 2. The molecular weight excluding hydrogens is 212 g/mol. The van der Waals surface area contributed by atoms with Crippen LogP contribution in [0.25, 0.3) is 0 Å². The standard InChI is InChI=1S/C11H15F2N3/c12-11(13)5-10(14,6-11)9-7-3-1-2-4-8(7)15-16-9/h1-6,14H2,(H,15,16). The van der Waals surface area contributed by atoms with Crippen molar-refractivity contribution in [2.24, 2.45) is 5.73 Å². The van der Waals surface area contributed by atoms with Gasteiger partial charge in [-0.05, 0) is 31.2 Å². The highest BCUT2D eigenvalue weighted by Gasteiger charge is 2.57. The molecule has 1 fully saturated rings. The number of alkyl halides is 2. The highest BCUT2D eigenvalue weighted by Crippen LogP contribution is 2.50. The average Bonchev–Trinajstić information content (AvgIpc) is 2.58. The molecule has 0 amide bonds. The van der Waals surface area contributed by atoms with Gasteiger partial charge in [-0.15, -0.1) is 0 Å². The minimum absolute atomic E-state index is 0.267. The lowest BCUT2D eigenvalue weighted by Gasteiger charge is -2.44. The van der Waals surface area contributed by atoms with Crippen LogP contribution >= 0.6 is 0 Å². The van der Waals surface area contributed by atoms with Crippen molar-refractivity contribution >= 4 is 0 Å². The Morgan fingerprint density at radius 3 is 2.56 bits per heavy atom. The molecular formula is C11H15F2N3. The van der Waals surface area contributed by atoms with E-state index in [1.807, 2.05) is 0 Å². The van der Waals surface area contributed by atoms with Gasteiger partial charge in [-0.3, -0.25) is 5.10 Å². The molecule has 1 saturated carbocycles. The van der Waals surface area contributed by atoms with Crippen molar-refractivity contribution < 1.29 is 8.78 Å². The Hall–Kier alpha value is -0.970. The maximum Gasteiger partial charge on any atom is 0.252 e. The van der Waals surface area contributed by atoms with Crippen LogP contribution in [0, 0.1) is 0 Å². The highest BCUT2D eigenvalue weighted by atomic mass is 19.3. The van der Waals surface area contributed by atoms with Crippen molar-refractivity contribution in [3.63, 3.8) is 0 Å². The van der Waals surface area contributed by atoms with Crippen molar-refractivity contribution in [3.05, 3.63) is 17.0 Å². The summed E-state index contributed by atoms with van der Waals surface area (Å²) < 4.78 is 25.9. The van der Waals surface area contributed by atoms with Gasteiger partial charge in [-0.2, -0.15) is 5.10 Å². The molecule has 1 heterocycles. The van der Waals surface area contributed by atoms with Crippen molar-refractivity contribution in [2.75, 3.05) is 0 Å². The number of aromatic amines is 1. The predicted molar refractivity (Wildman–Crippen MR) is 55.3 cm³/mol. The molecule has 3 N–H and O–H groups in total. The van der Waals surface area contributed by atoms with Gasteiger partial charge in [0.1, 0.15) is 0 Å². The highest BCUT2D eigenvalue weighted by molar-refractivity contribution is 5.35. The van der Waals surface area contributed by atoms with Crippen molar-refractivity contribution in [1.29, 1.82) is 0 Å². The fourth-order valence-electron chi connectivity index (χ4n) is 2.93. The van der Waals surface area contributed by atoms with Crippen LogP contribution in [0.1, 0.15) is 42.6 Å². The Morgan fingerprint density at radius 2 is 1.88 bits per heavy atom. The first-order valence-corrected chi connectivity index (χ1v) is 5.74. The maximum absolute atomic E-state index is 12.9. The first-order chi connectivity index (χ1) is 7.50. The molecule has 0 bridgehead atoms. The summed E-state index contributed by atoms with van der Waals surface area (Å²) in [5, 5.41) is 7.13. The van der Waals surface area contributed by atoms with E-state index in [9.17, 15) is 8.78 Å². The average molecular weight is 227 g/mol. The van der Waals surface area contributed by atoms with E-state index in [2.05, 4.69) is 10.2 Å². The van der Waals surface area contributed by atoms with E-state index < -0.39 is 11.5 Å². The van der Waals surface area contributed by atoms with E-state index in [0.717, 1.165) is 36.9 Å². The molecule has 2 aliphatic rings. The quantitative estimate of drug-likeness (QED) is 0.769. The van der Waals surface area contributed by atoms with Crippen molar-refractivity contribution in [2.45, 2.75) is 50.0 Å². The number of aryl methyl sites for hydroxylation is 1. The van der Waals surface area contributed by atoms with Gasteiger partial charge in [0.05, 0.1) is 11.2 Å². The number of aromatic nitrogens is 2. The van der Waals surface area contributed by atoms with E-state index in [1.54, 1.807) is 0 Å². The van der Waals surface area contributed by atoms with Gasteiger partial charge in [-0.1, -0.05) is 0 Å². The molecule has 0 radical (unpaired) electrons. The van der Waals surface area contributed by atoms with Crippen LogP contribution in [0.3, 0.4) is 0 Å². The summed E-state index contributed by atoms with van der Waals surface area (Å²) in [4.78, 5) is 0. The molecule has 0 spiro atoms. The minimum Gasteiger partial charge on any atom is -0.320 e. The molecule has 5 heteroatoms. The van der Waals surface area contributed by atoms with Gasteiger partial charge in [-0.25, -0.2) is 8.78 Å². The van der Waals surface area contributed by atoms with Crippen LogP contribution in [0.15, 0.2) is 0 Å². The van der Waals surface area contributed by atoms with Gasteiger partial charge >= 0.3 is 0 Å². The second kappa shape index (κ2) is 3.03. The van der Waals surface area contributed by atoms with E-state index in [-0.39, 0.29) is 12.8 Å². The van der Waals surface area contributed by atoms with Gasteiger partial charge < -0.3 is 5.73 Å². The van der Waals surface area contributed by atoms with Crippen molar-refractivity contribution in [3.8, 4) is 0 Å². The third-order valence-electron chi connectivity index (χ3n) is 3.68. The Labute approximate surface area is 92.4 Å². The third kappa shape index (κ3) is 1.38. The summed E-state index contributed by atoms with van der Waals surface area (Å²) in [6.45, 7) is 0. The number of H-pyrrole nitrogens is 1. The van der Waals surface area contributed by atoms with Gasteiger partial charge in [0, 0.05) is 18.5 Å². The number of nitrogens with one attached hydrogen (secondary N) is 1. The number of fused-ring (bicyclic) bond motifs is 1. The van der Waals surface area contributed by atoms with E-state index in [4.69, 9.17) is 5.73 Å². The lowest BCUT2D eigenvalue weighted by molar-refractivity contribution is -0.126. The second-order valence-corrected chi connectivity index (χ2v) is 5.10. The van der Waals surface area contributed by atoms with Gasteiger partial charge in [0.25, 0.3) is 5.92 Å². The molecule has 0 saturated heterocycles. The molecule has 3 rings (SSSR count). The predicted octanol–water partition coefficient (Wildman–Crippen LogP) is 1.87. The zero-order chi connectivity index (χ0) is 11.4. The fraction of sp³-hybridized carbons (Fsp3) is 0.727. The largest absolute Gasteiger partial charge is 0.320 e. The molecule has 0 aliphatic heterocycles. The Kier molecular flexibility index (Phi) is 1.93.